The van der Waals surface area contributed by atoms with Crippen molar-refractivity contribution in [3.05, 3.63) is 59.7 Å². The Kier molecular flexibility index (Phi) is 7.08. The summed E-state index contributed by atoms with van der Waals surface area (Å²) in [7, 11) is -8.95. The molecular formula is C31H34O13S2. The summed E-state index contributed by atoms with van der Waals surface area (Å²) in [4.78, 5) is 26.6. The van der Waals surface area contributed by atoms with Crippen LogP contribution in [-0.4, -0.2) is 77.5 Å². The third-order valence-electron chi connectivity index (χ3n) is 10.5. The Morgan fingerprint density at radius 3 is 1.54 bits per heavy atom. The van der Waals surface area contributed by atoms with Crippen LogP contribution in [0.25, 0.3) is 0 Å². The average Bonchev–Trinajstić information content (AvgIpc) is 3.28. The van der Waals surface area contributed by atoms with Crippen LogP contribution in [0, 0.1) is 24.7 Å². The minimum atomic E-state index is -4.47. The van der Waals surface area contributed by atoms with Gasteiger partial charge in [0.15, 0.2) is 6.10 Å². The number of fused-ring (bicyclic) bond motifs is 2. The van der Waals surface area contributed by atoms with Gasteiger partial charge in [0.05, 0.1) is 15.2 Å². The third-order valence-corrected chi connectivity index (χ3v) is 13.1. The summed E-state index contributed by atoms with van der Waals surface area (Å²) in [6.45, 7) is 7.49. The molecule has 0 amide bonds. The number of carbonyl (C=O) groups excluding carboxylic acids is 2. The zero-order valence-electron chi connectivity index (χ0n) is 25.7. The Labute approximate surface area is 266 Å². The maximum absolute atomic E-state index is 14.1. The first kappa shape index (κ1) is 31.7. The van der Waals surface area contributed by atoms with E-state index < -0.39 is 91.7 Å². The monoisotopic (exact) mass is 678 g/mol. The first-order valence-electron chi connectivity index (χ1n) is 14.9. The third kappa shape index (κ3) is 4.50. The lowest BCUT2D eigenvalue weighted by atomic mass is 9.66. The smallest absolute Gasteiger partial charge is 0.351 e. The zero-order chi connectivity index (χ0) is 33.0. The van der Waals surface area contributed by atoms with Crippen molar-refractivity contribution in [3.8, 4) is 0 Å². The van der Waals surface area contributed by atoms with Crippen molar-refractivity contribution in [1.29, 1.82) is 0 Å². The molecule has 0 spiro atoms. The van der Waals surface area contributed by atoms with Gasteiger partial charge in [0.25, 0.3) is 26.7 Å². The second-order valence-corrected chi connectivity index (χ2v) is 16.4. The van der Waals surface area contributed by atoms with Crippen molar-refractivity contribution in [2.24, 2.45) is 10.8 Å². The van der Waals surface area contributed by atoms with Gasteiger partial charge in [-0.25, -0.2) is 4.79 Å². The summed E-state index contributed by atoms with van der Waals surface area (Å²) in [6.07, 6.45) is -7.78. The fourth-order valence-electron chi connectivity index (χ4n) is 7.16. The van der Waals surface area contributed by atoms with Crippen LogP contribution in [-0.2, 0) is 61.9 Å². The summed E-state index contributed by atoms with van der Waals surface area (Å²) in [5, 5.41) is 0. The molecule has 0 radical (unpaired) electrons. The molecule has 1 unspecified atom stereocenters. The normalized spacial score (nSPS) is 37.3. The number of aryl methyl sites for hydroxylation is 2. The molecule has 46 heavy (non-hydrogen) atoms. The van der Waals surface area contributed by atoms with Crippen molar-refractivity contribution >= 4 is 32.2 Å². The van der Waals surface area contributed by atoms with Crippen LogP contribution >= 0.6 is 0 Å². The molecule has 2 aromatic rings. The summed E-state index contributed by atoms with van der Waals surface area (Å²) >= 11 is 0. The van der Waals surface area contributed by atoms with Crippen LogP contribution in [0.4, 0.5) is 0 Å². The molecule has 2 aromatic carbocycles. The standard InChI is InChI=1S/C31H34O13S2/c1-16-6-10-18(11-7-16)45(34,35)43-24-21-20(38-27(33)31-15-14-30(5,26(32)42-31)29(31,3)4)22-25(23(24)41-28(39-21)40-22)44-46(36,37)19-12-8-17(2)9-13-19/h6-13,20-25,28H,14-15H2,1-5H3/t20-,21+,22-,23+,24-,25-,28-,30+,31?/m0/s1. The molecule has 0 N–H and O–H groups in total. The van der Waals surface area contributed by atoms with Crippen LogP contribution in [0.3, 0.4) is 0 Å². The van der Waals surface area contributed by atoms with Crippen molar-refractivity contribution in [2.45, 2.75) is 106 Å². The van der Waals surface area contributed by atoms with Gasteiger partial charge in [0.2, 0.25) is 5.60 Å². The minimum Gasteiger partial charge on any atom is -0.454 e. The quantitative estimate of drug-likeness (QED) is 0.296. The zero-order valence-corrected chi connectivity index (χ0v) is 27.3. The molecule has 4 aliphatic heterocycles. The van der Waals surface area contributed by atoms with Gasteiger partial charge in [-0.3, -0.25) is 13.2 Å². The van der Waals surface area contributed by atoms with Crippen LogP contribution in [0.2, 0.25) is 0 Å². The number of rotatable bonds is 8. The lowest BCUT2D eigenvalue weighted by Crippen LogP contribution is -2.77. The first-order valence-corrected chi connectivity index (χ1v) is 17.7. The van der Waals surface area contributed by atoms with Gasteiger partial charge < -0.3 is 23.7 Å². The fourth-order valence-corrected chi connectivity index (χ4v) is 9.34. The van der Waals surface area contributed by atoms with E-state index in [9.17, 15) is 26.4 Å². The van der Waals surface area contributed by atoms with Gasteiger partial charge in [-0.15, -0.1) is 0 Å². The Balaban J connectivity index is 1.25. The van der Waals surface area contributed by atoms with Crippen LogP contribution in [0.15, 0.2) is 58.3 Å². The summed E-state index contributed by atoms with van der Waals surface area (Å²) in [5.74, 6) is -1.42. The highest BCUT2D eigenvalue weighted by atomic mass is 32.2. The highest BCUT2D eigenvalue weighted by Crippen LogP contribution is 2.66. The molecule has 15 heteroatoms. The fraction of sp³-hybridized carbons (Fsp3) is 0.548. The molecular weight excluding hydrogens is 644 g/mol. The molecule has 6 aliphatic rings. The second kappa shape index (κ2) is 10.3. The Hall–Kier alpha value is -2.92. The highest BCUT2D eigenvalue weighted by molar-refractivity contribution is 7.87. The molecule has 9 atom stereocenters. The summed E-state index contributed by atoms with van der Waals surface area (Å²) in [5.41, 5.74) is -1.90. The molecule has 4 saturated heterocycles. The summed E-state index contributed by atoms with van der Waals surface area (Å²) < 4.78 is 94.5. The average molecular weight is 679 g/mol. The Morgan fingerprint density at radius 1 is 0.717 bits per heavy atom. The van der Waals surface area contributed by atoms with Crippen molar-refractivity contribution in [2.75, 3.05) is 0 Å². The molecule has 6 bridgehead atoms. The second-order valence-electron chi connectivity index (χ2n) is 13.3. The molecule has 248 valence electrons. The lowest BCUT2D eigenvalue weighted by Gasteiger charge is -2.57. The van der Waals surface area contributed by atoms with E-state index in [4.69, 9.17) is 32.1 Å². The van der Waals surface area contributed by atoms with Gasteiger partial charge in [-0.2, -0.15) is 16.8 Å². The first-order chi connectivity index (χ1) is 21.5. The summed E-state index contributed by atoms with van der Waals surface area (Å²) in [6, 6.07) is 11.8. The van der Waals surface area contributed by atoms with E-state index in [0.717, 1.165) is 11.1 Å². The number of hydrogen-bond acceptors (Lipinski definition) is 13. The lowest BCUT2D eigenvalue weighted by molar-refractivity contribution is -0.476. The van der Waals surface area contributed by atoms with Crippen LogP contribution in [0.5, 0.6) is 0 Å². The predicted molar refractivity (Wildman–Crippen MR) is 155 cm³/mol. The maximum Gasteiger partial charge on any atom is 0.351 e. The van der Waals surface area contributed by atoms with E-state index in [1.807, 2.05) is 0 Å². The predicted octanol–water partition coefficient (Wildman–Crippen LogP) is 2.67. The van der Waals surface area contributed by atoms with E-state index >= 15 is 0 Å². The van der Waals surface area contributed by atoms with Crippen molar-refractivity contribution in [1.82, 2.24) is 0 Å². The Morgan fingerprint density at radius 2 is 1.15 bits per heavy atom. The van der Waals surface area contributed by atoms with Gasteiger partial charge in [0.1, 0.15) is 30.5 Å². The van der Waals surface area contributed by atoms with E-state index in [-0.39, 0.29) is 16.2 Å². The van der Waals surface area contributed by atoms with E-state index in [2.05, 4.69) is 0 Å². The van der Waals surface area contributed by atoms with E-state index in [1.165, 1.54) is 24.3 Å². The maximum atomic E-state index is 14.1. The number of hydrogen-bond donors (Lipinski definition) is 0. The Bertz CT molecular complexity index is 1710. The van der Waals surface area contributed by atoms with Gasteiger partial charge in [0, 0.05) is 5.41 Å². The van der Waals surface area contributed by atoms with E-state index in [1.54, 1.807) is 58.9 Å². The largest absolute Gasteiger partial charge is 0.454 e. The van der Waals surface area contributed by atoms with Crippen LogP contribution in [0.1, 0.15) is 44.7 Å². The molecule has 0 aromatic heterocycles. The molecule has 6 fully saturated rings. The molecule has 2 saturated carbocycles. The minimum absolute atomic E-state index is 0.162. The van der Waals surface area contributed by atoms with Crippen LogP contribution < -0.4 is 0 Å². The van der Waals surface area contributed by atoms with E-state index in [0.29, 0.717) is 6.42 Å². The number of esters is 2. The molecule has 8 rings (SSSR count). The highest BCUT2D eigenvalue weighted by Gasteiger charge is 2.77. The topological polar surface area (TPSA) is 167 Å². The number of ether oxygens (including phenoxy) is 5. The van der Waals surface area contributed by atoms with Gasteiger partial charge in [-0.1, -0.05) is 49.2 Å². The number of benzene rings is 2. The van der Waals surface area contributed by atoms with Gasteiger partial charge in [-0.05, 0) is 57.9 Å². The van der Waals surface area contributed by atoms with Crippen molar-refractivity contribution in [3.63, 3.8) is 0 Å². The molecule has 13 nitrogen and oxygen atoms in total. The van der Waals surface area contributed by atoms with Crippen molar-refractivity contribution < 1.29 is 58.5 Å². The van der Waals surface area contributed by atoms with Gasteiger partial charge >= 0.3 is 11.9 Å². The SMILES string of the molecule is Cc1ccc(S(=O)(=O)O[C@@H]2[C@H]3O[C@H]4O[C@@H]2[C@H](OC(=O)C25CC[C@](C)(C(=O)O2)C5(C)C)[C@H](O4)[C@@H]3OS(=O)(=O)c2ccc(C)cc2)cc1. The molecule has 2 aliphatic carbocycles. The number of carbonyl (C=O) groups is 2. The molecule has 4 heterocycles.